The van der Waals surface area contributed by atoms with Crippen molar-refractivity contribution in [3.05, 3.63) is 35.9 Å². The normalized spacial score (nSPS) is 14.2. The van der Waals surface area contributed by atoms with Crippen molar-refractivity contribution in [2.75, 3.05) is 6.16 Å². The van der Waals surface area contributed by atoms with Gasteiger partial charge in [-0.05, 0) is 42.1 Å². The number of hydrogen-bond acceptors (Lipinski definition) is 0. The van der Waals surface area contributed by atoms with Crippen LogP contribution >= 0.6 is 17.8 Å². The Labute approximate surface area is 97.1 Å². The molecule has 0 aromatic carbocycles. The minimum Gasteiger partial charge on any atom is -0.207 e. The van der Waals surface area contributed by atoms with Gasteiger partial charge in [-0.3, -0.25) is 0 Å². The molecule has 0 spiro atoms. The fourth-order valence-electron chi connectivity index (χ4n) is 1.04. The summed E-state index contributed by atoms with van der Waals surface area (Å²) in [5, 5.41) is 0.903. The largest absolute Gasteiger partial charge is 0.207 e. The van der Waals surface area contributed by atoms with Crippen LogP contribution in [0.5, 0.6) is 0 Å². The van der Waals surface area contributed by atoms with Gasteiger partial charge in [0.15, 0.2) is 0 Å². The lowest BCUT2D eigenvalue weighted by atomic mass is 10.3. The van der Waals surface area contributed by atoms with E-state index >= 15 is 0 Å². The lowest BCUT2D eigenvalue weighted by Gasteiger charge is -2.02. The van der Waals surface area contributed by atoms with E-state index in [2.05, 4.69) is 35.7 Å². The lowest BCUT2D eigenvalue weighted by Crippen LogP contribution is -1.85. The van der Waals surface area contributed by atoms with Gasteiger partial charge in [0.25, 0.3) is 0 Å². The SMILES string of the molecule is C=C/C(F)=C\C(P)=C/CCCPC(C)C. The molecule has 0 rings (SSSR count). The van der Waals surface area contributed by atoms with Crippen LogP contribution in [0.3, 0.4) is 0 Å². The van der Waals surface area contributed by atoms with Crippen LogP contribution in [0, 0.1) is 0 Å². The van der Waals surface area contributed by atoms with Crippen LogP contribution in [-0.2, 0) is 0 Å². The summed E-state index contributed by atoms with van der Waals surface area (Å²) in [6.07, 6.45) is 8.26. The predicted octanol–water partition coefficient (Wildman–Crippen LogP) is 4.65. The van der Waals surface area contributed by atoms with E-state index < -0.39 is 0 Å². The highest BCUT2D eigenvalue weighted by molar-refractivity contribution is 7.38. The summed E-state index contributed by atoms with van der Waals surface area (Å²) >= 11 is 0. The molecule has 0 saturated carbocycles. The average Bonchev–Trinajstić information content (AvgIpc) is 2.16. The molecule has 0 N–H and O–H groups in total. The van der Waals surface area contributed by atoms with Crippen molar-refractivity contribution >= 4 is 17.8 Å². The maximum Gasteiger partial charge on any atom is 0.123 e. The van der Waals surface area contributed by atoms with Crippen molar-refractivity contribution in [1.82, 2.24) is 0 Å². The van der Waals surface area contributed by atoms with Crippen molar-refractivity contribution in [3.63, 3.8) is 0 Å². The zero-order valence-corrected chi connectivity index (χ0v) is 11.7. The van der Waals surface area contributed by atoms with Crippen molar-refractivity contribution in [1.29, 1.82) is 0 Å². The first-order valence-electron chi connectivity index (χ1n) is 5.25. The zero-order chi connectivity index (χ0) is 11.7. The molecule has 0 saturated heterocycles. The van der Waals surface area contributed by atoms with Gasteiger partial charge in [0, 0.05) is 0 Å². The number of allylic oxidation sites excluding steroid dienone is 5. The molecule has 0 fully saturated rings. The minimum atomic E-state index is -0.277. The first-order chi connectivity index (χ1) is 7.06. The molecule has 0 aromatic heterocycles. The van der Waals surface area contributed by atoms with Gasteiger partial charge < -0.3 is 0 Å². The van der Waals surface area contributed by atoms with Gasteiger partial charge in [0.2, 0.25) is 0 Å². The third kappa shape index (κ3) is 10.3. The van der Waals surface area contributed by atoms with E-state index in [1.807, 2.05) is 0 Å². The van der Waals surface area contributed by atoms with Gasteiger partial charge >= 0.3 is 0 Å². The van der Waals surface area contributed by atoms with E-state index in [0.29, 0.717) is 0 Å². The van der Waals surface area contributed by atoms with Gasteiger partial charge in [-0.1, -0.05) is 26.5 Å². The fourth-order valence-corrected chi connectivity index (χ4v) is 2.35. The molecular weight excluding hydrogens is 225 g/mol. The van der Waals surface area contributed by atoms with Gasteiger partial charge in [-0.2, -0.15) is 0 Å². The Morgan fingerprint density at radius 3 is 2.73 bits per heavy atom. The zero-order valence-electron chi connectivity index (χ0n) is 9.59. The smallest absolute Gasteiger partial charge is 0.123 e. The molecule has 86 valence electrons. The molecule has 15 heavy (non-hydrogen) atoms. The maximum absolute atomic E-state index is 12.8. The van der Waals surface area contributed by atoms with Crippen LogP contribution in [-0.4, -0.2) is 11.8 Å². The summed E-state index contributed by atoms with van der Waals surface area (Å²) in [4.78, 5) is 0. The fraction of sp³-hybridized carbons (Fsp3) is 0.500. The molecule has 3 heteroatoms. The molecule has 0 nitrogen and oxygen atoms in total. The second-order valence-electron chi connectivity index (χ2n) is 3.69. The molecule has 0 bridgehead atoms. The number of rotatable bonds is 7. The van der Waals surface area contributed by atoms with Crippen molar-refractivity contribution < 1.29 is 4.39 Å². The molecule has 0 aromatic rings. The second kappa shape index (κ2) is 9.25. The molecule has 0 aliphatic rings. The third-order valence-electron chi connectivity index (χ3n) is 1.81. The van der Waals surface area contributed by atoms with E-state index in [1.165, 1.54) is 24.7 Å². The minimum absolute atomic E-state index is 0.277. The van der Waals surface area contributed by atoms with Gasteiger partial charge in [-0.25, -0.2) is 4.39 Å². The van der Waals surface area contributed by atoms with Crippen LogP contribution in [0.4, 0.5) is 4.39 Å². The average molecular weight is 246 g/mol. The number of hydrogen-bond donors (Lipinski definition) is 0. The maximum atomic E-state index is 12.8. The van der Waals surface area contributed by atoms with Gasteiger partial charge in [0.1, 0.15) is 5.83 Å². The molecular formula is C12H21FP2. The van der Waals surface area contributed by atoms with Crippen LogP contribution in [0.2, 0.25) is 0 Å². The lowest BCUT2D eigenvalue weighted by molar-refractivity contribution is 0.667. The summed E-state index contributed by atoms with van der Waals surface area (Å²) in [6, 6.07) is 0. The summed E-state index contributed by atoms with van der Waals surface area (Å²) < 4.78 is 12.8. The Balaban J connectivity index is 3.72. The Bertz CT molecular complexity index is 242. The quantitative estimate of drug-likeness (QED) is 0.348. The van der Waals surface area contributed by atoms with Crippen LogP contribution in [0.1, 0.15) is 26.7 Å². The second-order valence-corrected chi connectivity index (χ2v) is 6.42. The van der Waals surface area contributed by atoms with Crippen molar-refractivity contribution in [2.45, 2.75) is 32.3 Å². The summed E-state index contributed by atoms with van der Waals surface area (Å²) in [7, 11) is 3.58. The highest BCUT2D eigenvalue weighted by atomic mass is 31.1. The van der Waals surface area contributed by atoms with Crippen LogP contribution in [0.25, 0.3) is 0 Å². The van der Waals surface area contributed by atoms with E-state index in [-0.39, 0.29) is 5.83 Å². The van der Waals surface area contributed by atoms with Gasteiger partial charge in [-0.15, -0.1) is 17.8 Å². The Morgan fingerprint density at radius 1 is 1.53 bits per heavy atom. The Hall–Kier alpha value is 0.01000. The summed E-state index contributed by atoms with van der Waals surface area (Å²) in [5.41, 5.74) is 0.808. The summed E-state index contributed by atoms with van der Waals surface area (Å²) in [6.45, 7) is 7.86. The predicted molar refractivity (Wildman–Crippen MR) is 74.7 cm³/mol. The topological polar surface area (TPSA) is 0 Å². The van der Waals surface area contributed by atoms with Crippen LogP contribution in [0.15, 0.2) is 35.9 Å². The first kappa shape index (κ1) is 15.0. The Kier molecular flexibility index (Phi) is 9.26. The molecule has 0 heterocycles. The van der Waals surface area contributed by atoms with E-state index in [0.717, 1.165) is 26.0 Å². The van der Waals surface area contributed by atoms with E-state index in [1.54, 1.807) is 0 Å². The monoisotopic (exact) mass is 246 g/mol. The molecule has 2 atom stereocenters. The molecule has 2 unspecified atom stereocenters. The number of halogens is 1. The number of unbranched alkanes of at least 4 members (excludes halogenated alkanes) is 1. The van der Waals surface area contributed by atoms with Crippen LogP contribution < -0.4 is 0 Å². The third-order valence-corrected chi connectivity index (χ3v) is 3.67. The summed E-state index contributed by atoms with van der Waals surface area (Å²) in [5.74, 6) is -0.277. The highest BCUT2D eigenvalue weighted by Gasteiger charge is 1.93. The van der Waals surface area contributed by atoms with Gasteiger partial charge in [0.05, 0.1) is 0 Å². The first-order valence-corrected chi connectivity index (χ1v) is 7.11. The molecule has 0 amide bonds. The van der Waals surface area contributed by atoms with E-state index in [9.17, 15) is 4.39 Å². The molecule has 0 aliphatic carbocycles. The van der Waals surface area contributed by atoms with E-state index in [4.69, 9.17) is 0 Å². The Morgan fingerprint density at radius 2 is 2.20 bits per heavy atom. The highest BCUT2D eigenvalue weighted by Crippen LogP contribution is 2.20. The van der Waals surface area contributed by atoms with Crippen molar-refractivity contribution in [2.24, 2.45) is 0 Å². The van der Waals surface area contributed by atoms with Crippen molar-refractivity contribution in [3.8, 4) is 0 Å². The standard InChI is InChI=1S/C12H21FP2/c1-4-11(13)9-12(14)7-5-6-8-15-10(2)3/h4,7,9-10,15H,1,5-6,8,14H2,2-3H3/b11-9+,12-7+. The molecule has 0 aliphatic heterocycles. The molecule has 0 radical (unpaired) electrons.